The summed E-state index contributed by atoms with van der Waals surface area (Å²) in [6, 6.07) is 4.18. The fourth-order valence-corrected chi connectivity index (χ4v) is 4.77. The fourth-order valence-electron chi connectivity index (χ4n) is 4.77. The number of hydrogen-bond donors (Lipinski definition) is 3. The molecule has 0 saturated heterocycles. The van der Waals surface area contributed by atoms with E-state index in [2.05, 4.69) is 32.6 Å². The van der Waals surface area contributed by atoms with Crippen molar-refractivity contribution in [3.63, 3.8) is 0 Å². The molecule has 150 valence electrons. The monoisotopic (exact) mass is 391 g/mol. The van der Waals surface area contributed by atoms with Gasteiger partial charge in [-0.1, -0.05) is 0 Å². The molecule has 0 radical (unpaired) electrons. The number of aryl methyl sites for hydroxylation is 2. The maximum atomic E-state index is 13.1. The van der Waals surface area contributed by atoms with E-state index in [1.165, 1.54) is 11.1 Å². The van der Waals surface area contributed by atoms with Crippen LogP contribution < -0.4 is 10.2 Å². The molecule has 0 fully saturated rings. The highest BCUT2D eigenvalue weighted by atomic mass is 16.2. The molecule has 3 aromatic rings. The van der Waals surface area contributed by atoms with Gasteiger partial charge in [0, 0.05) is 23.1 Å². The van der Waals surface area contributed by atoms with Crippen LogP contribution in [0.3, 0.4) is 0 Å². The largest absolute Gasteiger partial charge is 0.355 e. The molecule has 1 aromatic carbocycles. The molecule has 0 spiro atoms. The molecule has 29 heavy (non-hydrogen) atoms. The van der Waals surface area contributed by atoms with E-state index in [0.717, 1.165) is 52.8 Å². The van der Waals surface area contributed by atoms with Crippen molar-refractivity contribution >= 4 is 28.4 Å². The van der Waals surface area contributed by atoms with Crippen LogP contribution in [0.2, 0.25) is 0 Å². The van der Waals surface area contributed by atoms with Gasteiger partial charge in [-0.2, -0.15) is 5.10 Å². The summed E-state index contributed by atoms with van der Waals surface area (Å²) in [6.45, 7) is 6.33. The summed E-state index contributed by atoms with van der Waals surface area (Å²) in [4.78, 5) is 30.6. The van der Waals surface area contributed by atoms with Crippen molar-refractivity contribution in [1.29, 1.82) is 0 Å². The molecule has 0 bridgehead atoms. The Balaban J connectivity index is 1.68. The van der Waals surface area contributed by atoms with Crippen molar-refractivity contribution in [2.75, 3.05) is 18.0 Å². The molecule has 0 unspecified atom stereocenters. The first-order valence-electron chi connectivity index (χ1n) is 10.2. The van der Waals surface area contributed by atoms with E-state index in [-0.39, 0.29) is 18.4 Å². The summed E-state index contributed by atoms with van der Waals surface area (Å²) in [7, 11) is 0. The molecule has 0 atom stereocenters. The van der Waals surface area contributed by atoms with E-state index in [0.29, 0.717) is 6.54 Å². The van der Waals surface area contributed by atoms with Gasteiger partial charge in [-0.25, -0.2) is 0 Å². The number of H-pyrrole nitrogens is 2. The van der Waals surface area contributed by atoms with Crippen molar-refractivity contribution in [2.45, 2.75) is 45.4 Å². The SMILES string of the molecule is CCNC(=O)CN1C(=O)C(C)(C)c2cc3[nH]c4c(c3cc21)CCCc1cn[nH]c1-4. The molecular weight excluding hydrogens is 366 g/mol. The first-order chi connectivity index (χ1) is 13.9. The van der Waals surface area contributed by atoms with Gasteiger partial charge >= 0.3 is 0 Å². The summed E-state index contributed by atoms with van der Waals surface area (Å²) >= 11 is 0. The zero-order chi connectivity index (χ0) is 20.3. The Morgan fingerprint density at radius 2 is 2.10 bits per heavy atom. The maximum Gasteiger partial charge on any atom is 0.240 e. The lowest BCUT2D eigenvalue weighted by atomic mass is 9.85. The van der Waals surface area contributed by atoms with E-state index < -0.39 is 5.41 Å². The molecule has 2 aliphatic rings. The smallest absolute Gasteiger partial charge is 0.240 e. The second kappa shape index (κ2) is 6.20. The summed E-state index contributed by atoms with van der Waals surface area (Å²) in [6.07, 6.45) is 4.92. The van der Waals surface area contributed by atoms with Gasteiger partial charge in [0.2, 0.25) is 11.8 Å². The van der Waals surface area contributed by atoms with Crippen molar-refractivity contribution < 1.29 is 9.59 Å². The van der Waals surface area contributed by atoms with Crippen molar-refractivity contribution in [2.24, 2.45) is 0 Å². The Hall–Kier alpha value is -3.09. The first kappa shape index (κ1) is 18.0. The molecule has 5 rings (SSSR count). The zero-order valence-corrected chi connectivity index (χ0v) is 17.0. The van der Waals surface area contributed by atoms with Gasteiger partial charge in [0.05, 0.1) is 23.0 Å². The number of rotatable bonds is 3. The topological polar surface area (TPSA) is 93.9 Å². The van der Waals surface area contributed by atoms with E-state index in [4.69, 9.17) is 0 Å². The predicted molar refractivity (Wildman–Crippen MR) is 112 cm³/mol. The Labute approximate surface area is 168 Å². The number of fused-ring (bicyclic) bond motifs is 6. The van der Waals surface area contributed by atoms with E-state index in [1.54, 1.807) is 4.90 Å². The van der Waals surface area contributed by atoms with Crippen LogP contribution in [-0.2, 0) is 27.8 Å². The van der Waals surface area contributed by atoms with Gasteiger partial charge in [0.1, 0.15) is 6.54 Å². The molecule has 2 amide bonds. The number of nitrogens with one attached hydrogen (secondary N) is 3. The van der Waals surface area contributed by atoms with Gasteiger partial charge in [0.25, 0.3) is 0 Å². The number of nitrogens with zero attached hydrogens (tertiary/aromatic N) is 2. The normalized spacial score (nSPS) is 17.1. The average molecular weight is 391 g/mol. The maximum absolute atomic E-state index is 13.1. The summed E-state index contributed by atoms with van der Waals surface area (Å²) in [5.74, 6) is -0.173. The third kappa shape index (κ3) is 2.53. The highest BCUT2D eigenvalue weighted by Crippen LogP contribution is 2.45. The quantitative estimate of drug-likeness (QED) is 0.641. The van der Waals surface area contributed by atoms with Crippen LogP contribution in [0, 0.1) is 0 Å². The Kier molecular flexibility index (Phi) is 3.84. The molecule has 3 N–H and O–H groups in total. The lowest BCUT2D eigenvalue weighted by Crippen LogP contribution is -2.42. The summed E-state index contributed by atoms with van der Waals surface area (Å²) in [5, 5.41) is 11.3. The molecule has 7 heteroatoms. The van der Waals surface area contributed by atoms with E-state index in [1.807, 2.05) is 27.0 Å². The predicted octanol–water partition coefficient (Wildman–Crippen LogP) is 2.81. The number of amides is 2. The number of likely N-dealkylation sites (N-methyl/N-ethyl adjacent to an activating group) is 1. The molecule has 1 aliphatic carbocycles. The molecule has 2 aromatic heterocycles. The van der Waals surface area contributed by atoms with Crippen LogP contribution in [0.1, 0.15) is 43.9 Å². The van der Waals surface area contributed by atoms with Crippen molar-refractivity contribution in [3.05, 3.63) is 35.0 Å². The van der Waals surface area contributed by atoms with Gasteiger partial charge in [-0.3, -0.25) is 14.7 Å². The van der Waals surface area contributed by atoms with Crippen LogP contribution in [-0.4, -0.2) is 40.1 Å². The average Bonchev–Trinajstić information content (AvgIpc) is 3.29. The molecule has 3 heterocycles. The number of aromatic amines is 2. The number of hydrogen-bond acceptors (Lipinski definition) is 3. The highest BCUT2D eigenvalue weighted by Gasteiger charge is 2.45. The second-order valence-electron chi connectivity index (χ2n) is 8.49. The first-order valence-corrected chi connectivity index (χ1v) is 10.2. The minimum absolute atomic E-state index is 0.0339. The standard InChI is InChI=1S/C22H25N5O2/c1-4-23-18(28)11-27-17-8-14-13-7-5-6-12-10-24-26-19(12)20(13)25-16(14)9-15(17)22(2,3)21(27)29/h8-10,25H,4-7,11H2,1-3H3,(H,23,28)(H,24,26). The van der Waals surface area contributed by atoms with Crippen LogP contribution in [0.4, 0.5) is 5.69 Å². The summed E-state index contributed by atoms with van der Waals surface area (Å²) < 4.78 is 0. The fraction of sp³-hybridized carbons (Fsp3) is 0.409. The molecule has 1 aliphatic heterocycles. The Morgan fingerprint density at radius 1 is 1.28 bits per heavy atom. The Bertz CT molecular complexity index is 1150. The van der Waals surface area contributed by atoms with Gasteiger partial charge in [0.15, 0.2) is 0 Å². The van der Waals surface area contributed by atoms with E-state index in [9.17, 15) is 9.59 Å². The molecule has 7 nitrogen and oxygen atoms in total. The van der Waals surface area contributed by atoms with Crippen molar-refractivity contribution in [3.8, 4) is 11.4 Å². The lowest BCUT2D eigenvalue weighted by Gasteiger charge is -2.19. The van der Waals surface area contributed by atoms with Crippen LogP contribution >= 0.6 is 0 Å². The highest BCUT2D eigenvalue weighted by molar-refractivity contribution is 6.12. The number of anilines is 1. The summed E-state index contributed by atoms with van der Waals surface area (Å²) in [5.41, 5.74) is 6.79. The number of carbonyl (C=O) groups excluding carboxylic acids is 2. The van der Waals surface area contributed by atoms with Crippen LogP contribution in [0.5, 0.6) is 0 Å². The third-order valence-electron chi connectivity index (χ3n) is 6.28. The van der Waals surface area contributed by atoms with E-state index >= 15 is 0 Å². The number of benzene rings is 1. The number of carbonyl (C=O) groups is 2. The zero-order valence-electron chi connectivity index (χ0n) is 17.0. The minimum atomic E-state index is -0.669. The Morgan fingerprint density at radius 3 is 2.90 bits per heavy atom. The molecular formula is C22H25N5O2. The van der Waals surface area contributed by atoms with Gasteiger partial charge in [-0.15, -0.1) is 0 Å². The van der Waals surface area contributed by atoms with Gasteiger partial charge in [-0.05, 0) is 68.9 Å². The van der Waals surface area contributed by atoms with Crippen molar-refractivity contribution in [1.82, 2.24) is 20.5 Å². The van der Waals surface area contributed by atoms with Crippen LogP contribution in [0.25, 0.3) is 22.3 Å². The lowest BCUT2D eigenvalue weighted by molar-refractivity contribution is -0.125. The van der Waals surface area contributed by atoms with Crippen LogP contribution in [0.15, 0.2) is 18.3 Å². The second-order valence-corrected chi connectivity index (χ2v) is 8.49. The third-order valence-corrected chi connectivity index (χ3v) is 6.28. The minimum Gasteiger partial charge on any atom is -0.355 e. The molecule has 0 saturated carbocycles. The van der Waals surface area contributed by atoms with Gasteiger partial charge < -0.3 is 15.2 Å². The number of aromatic nitrogens is 3.